The van der Waals surface area contributed by atoms with Gasteiger partial charge in [0.2, 0.25) is 5.82 Å². The third-order valence-corrected chi connectivity index (χ3v) is 5.35. The summed E-state index contributed by atoms with van der Waals surface area (Å²) in [4.78, 5) is 17.4. The minimum atomic E-state index is -0.438. The van der Waals surface area contributed by atoms with Gasteiger partial charge in [-0.2, -0.15) is 0 Å². The molecule has 0 saturated carbocycles. The van der Waals surface area contributed by atoms with Crippen LogP contribution in [0.3, 0.4) is 0 Å². The third-order valence-electron chi connectivity index (χ3n) is 4.71. The summed E-state index contributed by atoms with van der Waals surface area (Å²) in [6, 6.07) is 19.7. The maximum absolute atomic E-state index is 12.9. The Hall–Kier alpha value is -3.35. The van der Waals surface area contributed by atoms with Crippen LogP contribution in [0.1, 0.15) is 16.2 Å². The SMILES string of the molecule is COc1ccc(NC(=O)c2nc(-c3cccc(Cl)c3)n(-c3cccc(Cl)c3C)n2)cc1. The Labute approximate surface area is 189 Å². The van der Waals surface area contributed by atoms with Crippen LogP contribution in [0.5, 0.6) is 5.75 Å². The lowest BCUT2D eigenvalue weighted by molar-refractivity contribution is 0.101. The van der Waals surface area contributed by atoms with E-state index in [0.717, 1.165) is 16.8 Å². The smallest absolute Gasteiger partial charge is 0.295 e. The number of halogens is 2. The summed E-state index contributed by atoms with van der Waals surface area (Å²) in [5, 5.41) is 8.44. The first kappa shape index (κ1) is 20.9. The number of anilines is 1. The van der Waals surface area contributed by atoms with Crippen LogP contribution in [-0.4, -0.2) is 27.8 Å². The molecule has 156 valence electrons. The monoisotopic (exact) mass is 452 g/mol. The van der Waals surface area contributed by atoms with Gasteiger partial charge in [0.1, 0.15) is 5.75 Å². The van der Waals surface area contributed by atoms with Gasteiger partial charge < -0.3 is 10.1 Å². The second kappa shape index (κ2) is 8.79. The van der Waals surface area contributed by atoms with E-state index in [2.05, 4.69) is 15.4 Å². The highest BCUT2D eigenvalue weighted by molar-refractivity contribution is 6.31. The molecule has 6 nitrogen and oxygen atoms in total. The zero-order valence-electron chi connectivity index (χ0n) is 16.8. The second-order valence-corrected chi connectivity index (χ2v) is 7.59. The van der Waals surface area contributed by atoms with E-state index in [1.807, 2.05) is 31.2 Å². The van der Waals surface area contributed by atoms with Crippen molar-refractivity contribution in [3.8, 4) is 22.8 Å². The molecule has 0 saturated heterocycles. The first-order valence-corrected chi connectivity index (χ1v) is 10.2. The predicted octanol–water partition coefficient (Wildman–Crippen LogP) is 5.81. The summed E-state index contributed by atoms with van der Waals surface area (Å²) in [7, 11) is 1.58. The molecule has 0 fully saturated rings. The van der Waals surface area contributed by atoms with Gasteiger partial charge in [-0.15, -0.1) is 5.10 Å². The standard InChI is InChI=1S/C23H18Cl2N4O2/c1-14-19(25)7-4-8-20(14)29-22(15-5-3-6-16(24)13-15)27-21(28-29)23(30)26-17-9-11-18(31-2)12-10-17/h3-13H,1-2H3,(H,26,30). The molecule has 31 heavy (non-hydrogen) atoms. The van der Waals surface area contributed by atoms with E-state index < -0.39 is 5.91 Å². The Morgan fingerprint density at radius 1 is 1.03 bits per heavy atom. The number of nitrogens with one attached hydrogen (secondary N) is 1. The van der Waals surface area contributed by atoms with Crippen LogP contribution in [0.2, 0.25) is 10.0 Å². The third kappa shape index (κ3) is 4.40. The quantitative estimate of drug-likeness (QED) is 0.414. The van der Waals surface area contributed by atoms with Gasteiger partial charge in [-0.1, -0.05) is 41.4 Å². The van der Waals surface area contributed by atoms with Gasteiger partial charge in [-0.3, -0.25) is 4.79 Å². The summed E-state index contributed by atoms with van der Waals surface area (Å²) in [6.07, 6.45) is 0. The van der Waals surface area contributed by atoms with E-state index in [4.69, 9.17) is 27.9 Å². The predicted molar refractivity (Wildman–Crippen MR) is 122 cm³/mol. The van der Waals surface area contributed by atoms with E-state index in [0.29, 0.717) is 27.3 Å². The largest absolute Gasteiger partial charge is 0.497 e. The van der Waals surface area contributed by atoms with Gasteiger partial charge in [-0.05, 0) is 61.0 Å². The average Bonchev–Trinajstić information content (AvgIpc) is 3.22. The molecule has 4 aromatic rings. The Balaban J connectivity index is 1.77. The zero-order valence-corrected chi connectivity index (χ0v) is 18.3. The number of ether oxygens (including phenoxy) is 1. The summed E-state index contributed by atoms with van der Waals surface area (Å²) < 4.78 is 6.75. The van der Waals surface area contributed by atoms with Crippen LogP contribution < -0.4 is 10.1 Å². The lowest BCUT2D eigenvalue weighted by atomic mass is 10.1. The fraction of sp³-hybridized carbons (Fsp3) is 0.0870. The van der Waals surface area contributed by atoms with Crippen LogP contribution in [0, 0.1) is 6.92 Å². The van der Waals surface area contributed by atoms with E-state index in [1.165, 1.54) is 0 Å². The molecule has 0 aliphatic rings. The lowest BCUT2D eigenvalue weighted by Crippen LogP contribution is -2.14. The second-order valence-electron chi connectivity index (χ2n) is 6.75. The molecule has 0 unspecified atom stereocenters. The lowest BCUT2D eigenvalue weighted by Gasteiger charge is -2.10. The van der Waals surface area contributed by atoms with Gasteiger partial charge in [0.15, 0.2) is 5.82 Å². The summed E-state index contributed by atoms with van der Waals surface area (Å²) >= 11 is 12.5. The van der Waals surface area contributed by atoms with E-state index in [9.17, 15) is 4.79 Å². The number of amides is 1. The summed E-state index contributed by atoms with van der Waals surface area (Å²) in [5.41, 5.74) is 2.87. The molecule has 1 aromatic heterocycles. The highest BCUT2D eigenvalue weighted by atomic mass is 35.5. The number of benzene rings is 3. The van der Waals surface area contributed by atoms with E-state index in [-0.39, 0.29) is 5.82 Å². The number of rotatable bonds is 5. The minimum absolute atomic E-state index is 0.0187. The Bertz CT molecular complexity index is 1250. The highest BCUT2D eigenvalue weighted by Crippen LogP contribution is 2.28. The van der Waals surface area contributed by atoms with Crippen LogP contribution in [-0.2, 0) is 0 Å². The van der Waals surface area contributed by atoms with Crippen molar-refractivity contribution in [1.29, 1.82) is 0 Å². The normalized spacial score (nSPS) is 10.7. The molecule has 0 atom stereocenters. The molecule has 8 heteroatoms. The van der Waals surface area contributed by atoms with Crippen LogP contribution >= 0.6 is 23.2 Å². The molecule has 0 aliphatic carbocycles. The van der Waals surface area contributed by atoms with E-state index in [1.54, 1.807) is 54.3 Å². The van der Waals surface area contributed by atoms with Gasteiger partial charge >= 0.3 is 0 Å². The highest BCUT2D eigenvalue weighted by Gasteiger charge is 2.20. The van der Waals surface area contributed by atoms with Crippen molar-refractivity contribution in [2.45, 2.75) is 6.92 Å². The fourth-order valence-electron chi connectivity index (χ4n) is 3.08. The summed E-state index contributed by atoms with van der Waals surface area (Å²) in [6.45, 7) is 1.89. The Morgan fingerprint density at radius 2 is 1.77 bits per heavy atom. The van der Waals surface area contributed by atoms with Crippen molar-refractivity contribution >= 4 is 34.8 Å². The molecular weight excluding hydrogens is 435 g/mol. The van der Waals surface area contributed by atoms with Crippen molar-refractivity contribution in [3.05, 3.63) is 88.2 Å². The van der Waals surface area contributed by atoms with Crippen molar-refractivity contribution in [2.24, 2.45) is 0 Å². The van der Waals surface area contributed by atoms with Gasteiger partial charge in [-0.25, -0.2) is 9.67 Å². The molecule has 0 bridgehead atoms. The van der Waals surface area contributed by atoms with Crippen LogP contribution in [0.4, 0.5) is 5.69 Å². The number of nitrogens with zero attached hydrogens (tertiary/aromatic N) is 3. The molecule has 1 amide bonds. The molecule has 0 spiro atoms. The number of hydrogen-bond donors (Lipinski definition) is 1. The molecule has 0 aliphatic heterocycles. The maximum Gasteiger partial charge on any atom is 0.295 e. The molecule has 4 rings (SSSR count). The fourth-order valence-corrected chi connectivity index (χ4v) is 3.44. The van der Waals surface area contributed by atoms with Crippen molar-refractivity contribution in [2.75, 3.05) is 12.4 Å². The Morgan fingerprint density at radius 3 is 2.48 bits per heavy atom. The first-order chi connectivity index (χ1) is 15.0. The summed E-state index contributed by atoms with van der Waals surface area (Å²) in [5.74, 6) is 0.755. The van der Waals surface area contributed by atoms with Gasteiger partial charge in [0, 0.05) is 21.3 Å². The van der Waals surface area contributed by atoms with Crippen molar-refractivity contribution < 1.29 is 9.53 Å². The minimum Gasteiger partial charge on any atom is -0.497 e. The number of carbonyl (C=O) groups excluding carboxylic acids is 1. The maximum atomic E-state index is 12.9. The molecule has 0 radical (unpaired) electrons. The van der Waals surface area contributed by atoms with Gasteiger partial charge in [0.25, 0.3) is 5.91 Å². The molecule has 3 aromatic carbocycles. The van der Waals surface area contributed by atoms with Gasteiger partial charge in [0.05, 0.1) is 12.8 Å². The topological polar surface area (TPSA) is 69.0 Å². The number of hydrogen-bond acceptors (Lipinski definition) is 4. The molecule has 1 heterocycles. The molecule has 1 N–H and O–H groups in total. The molecular formula is C23H18Cl2N4O2. The Kier molecular flexibility index (Phi) is 5.93. The van der Waals surface area contributed by atoms with Crippen LogP contribution in [0.15, 0.2) is 66.7 Å². The van der Waals surface area contributed by atoms with Crippen molar-refractivity contribution in [3.63, 3.8) is 0 Å². The van der Waals surface area contributed by atoms with E-state index >= 15 is 0 Å². The van der Waals surface area contributed by atoms with Crippen LogP contribution in [0.25, 0.3) is 17.1 Å². The number of carbonyl (C=O) groups is 1. The first-order valence-electron chi connectivity index (χ1n) is 9.40. The number of methoxy groups -OCH3 is 1. The number of aromatic nitrogens is 3. The van der Waals surface area contributed by atoms with Crippen molar-refractivity contribution in [1.82, 2.24) is 14.8 Å². The average molecular weight is 453 g/mol. The zero-order chi connectivity index (χ0) is 22.0.